The predicted octanol–water partition coefficient (Wildman–Crippen LogP) is 7.82. The number of allylic oxidation sites excluding steroid dienone is 1. The van der Waals surface area contributed by atoms with Crippen molar-refractivity contribution in [2.45, 2.75) is 117 Å². The Hall–Kier alpha value is -0.920. The average Bonchev–Trinajstić information content (AvgIpc) is 3.06. The highest BCUT2D eigenvalue weighted by molar-refractivity contribution is 5.17. The molecule has 0 aromatic rings. The lowest BCUT2D eigenvalue weighted by Gasteiger charge is -2.29. The van der Waals surface area contributed by atoms with Gasteiger partial charge in [0.15, 0.2) is 5.88 Å². The van der Waals surface area contributed by atoms with Gasteiger partial charge in [-0.15, -0.1) is 0 Å². The van der Waals surface area contributed by atoms with E-state index in [2.05, 4.69) is 32.7 Å². The molecule has 1 unspecified atom stereocenters. The van der Waals surface area contributed by atoms with E-state index in [9.17, 15) is 0 Å². The number of nitrogens with one attached hydrogen (secondary N) is 1. The van der Waals surface area contributed by atoms with Crippen LogP contribution in [0.2, 0.25) is 0 Å². The minimum Gasteiger partial charge on any atom is -0.448 e. The summed E-state index contributed by atoms with van der Waals surface area (Å²) in [6, 6.07) is 0. The van der Waals surface area contributed by atoms with E-state index in [-0.39, 0.29) is 5.41 Å². The van der Waals surface area contributed by atoms with E-state index in [1.54, 1.807) is 0 Å². The third-order valence-electron chi connectivity index (χ3n) is 5.86. The van der Waals surface area contributed by atoms with E-state index >= 15 is 0 Å². The molecule has 1 rings (SSSR count). The van der Waals surface area contributed by atoms with Crippen LogP contribution in [-0.2, 0) is 4.74 Å². The Morgan fingerprint density at radius 3 is 1.72 bits per heavy atom. The highest BCUT2D eigenvalue weighted by atomic mass is 16.5. The minimum absolute atomic E-state index is 0.206. The SMILES string of the molecule is C=C1NC(C(C)(CC)CCCCCCCCCCCCCCC)=CO1. The Morgan fingerprint density at radius 1 is 0.840 bits per heavy atom. The molecule has 0 amide bonds. The molecule has 2 heteroatoms. The van der Waals surface area contributed by atoms with Crippen LogP contribution in [0.15, 0.2) is 24.4 Å². The highest BCUT2D eigenvalue weighted by Gasteiger charge is 2.30. The van der Waals surface area contributed by atoms with Crippen molar-refractivity contribution in [1.29, 1.82) is 0 Å². The number of hydrogen-bond acceptors (Lipinski definition) is 2. The summed E-state index contributed by atoms with van der Waals surface area (Å²) in [4.78, 5) is 0. The lowest BCUT2D eigenvalue weighted by Crippen LogP contribution is -2.25. The molecule has 1 aliphatic rings. The summed E-state index contributed by atoms with van der Waals surface area (Å²) in [5.74, 6) is 0.667. The molecule has 0 saturated heterocycles. The summed E-state index contributed by atoms with van der Waals surface area (Å²) < 4.78 is 5.36. The topological polar surface area (TPSA) is 21.3 Å². The van der Waals surface area contributed by atoms with Gasteiger partial charge in [0.1, 0.15) is 6.26 Å². The normalized spacial score (nSPS) is 16.3. The lowest BCUT2D eigenvalue weighted by atomic mass is 9.79. The first kappa shape index (κ1) is 22.1. The van der Waals surface area contributed by atoms with Crippen LogP contribution in [0.5, 0.6) is 0 Å². The van der Waals surface area contributed by atoms with Gasteiger partial charge in [-0.05, 0) is 19.4 Å². The van der Waals surface area contributed by atoms with E-state index in [0.29, 0.717) is 5.88 Å². The molecule has 146 valence electrons. The van der Waals surface area contributed by atoms with E-state index < -0.39 is 0 Å². The molecule has 1 aliphatic heterocycles. The Morgan fingerprint density at radius 2 is 1.32 bits per heavy atom. The zero-order valence-corrected chi connectivity index (χ0v) is 17.3. The summed E-state index contributed by atoms with van der Waals surface area (Å²) in [5.41, 5.74) is 1.41. The molecule has 0 bridgehead atoms. The van der Waals surface area contributed by atoms with Gasteiger partial charge in [-0.2, -0.15) is 0 Å². The molecule has 0 radical (unpaired) electrons. The zero-order chi connectivity index (χ0) is 18.4. The van der Waals surface area contributed by atoms with Crippen molar-refractivity contribution in [2.24, 2.45) is 5.41 Å². The molecule has 1 N–H and O–H groups in total. The number of hydrogen-bond donors (Lipinski definition) is 1. The first-order chi connectivity index (χ1) is 12.1. The van der Waals surface area contributed by atoms with Crippen molar-refractivity contribution in [3.8, 4) is 0 Å². The summed E-state index contributed by atoms with van der Waals surface area (Å²) in [5, 5.41) is 3.29. The smallest absolute Gasteiger partial charge is 0.189 e. The Balaban J connectivity index is 1.95. The van der Waals surface area contributed by atoms with Gasteiger partial charge in [-0.1, -0.05) is 104 Å². The van der Waals surface area contributed by atoms with Gasteiger partial charge < -0.3 is 10.1 Å². The van der Waals surface area contributed by atoms with Gasteiger partial charge in [-0.25, -0.2) is 0 Å². The third-order valence-corrected chi connectivity index (χ3v) is 5.86. The molecule has 2 nitrogen and oxygen atoms in total. The Bertz CT molecular complexity index is 388. The van der Waals surface area contributed by atoms with Crippen LogP contribution in [0.3, 0.4) is 0 Å². The van der Waals surface area contributed by atoms with E-state index in [4.69, 9.17) is 4.74 Å². The molecular weight excluding hydrogens is 306 g/mol. The van der Waals surface area contributed by atoms with Crippen LogP contribution in [0.25, 0.3) is 0 Å². The van der Waals surface area contributed by atoms with Gasteiger partial charge in [0.2, 0.25) is 0 Å². The van der Waals surface area contributed by atoms with Crippen LogP contribution in [0.4, 0.5) is 0 Å². The monoisotopic (exact) mass is 349 g/mol. The van der Waals surface area contributed by atoms with Crippen LogP contribution >= 0.6 is 0 Å². The summed E-state index contributed by atoms with van der Waals surface area (Å²) >= 11 is 0. The van der Waals surface area contributed by atoms with Crippen molar-refractivity contribution in [1.82, 2.24) is 5.32 Å². The lowest BCUT2D eigenvalue weighted by molar-refractivity contribution is 0.322. The fraction of sp³-hybridized carbons (Fsp3) is 0.826. The maximum absolute atomic E-state index is 5.36. The quantitative estimate of drug-likeness (QED) is 0.287. The van der Waals surface area contributed by atoms with Crippen LogP contribution in [-0.4, -0.2) is 0 Å². The number of rotatable bonds is 16. The van der Waals surface area contributed by atoms with Gasteiger partial charge in [0.25, 0.3) is 0 Å². The molecule has 0 aromatic heterocycles. The molecule has 0 spiro atoms. The molecule has 1 atom stereocenters. The van der Waals surface area contributed by atoms with Crippen LogP contribution in [0.1, 0.15) is 117 Å². The van der Waals surface area contributed by atoms with Crippen LogP contribution < -0.4 is 5.32 Å². The second-order valence-corrected chi connectivity index (χ2v) is 8.10. The molecule has 0 saturated carbocycles. The Labute approximate surface area is 157 Å². The molecule has 1 heterocycles. The van der Waals surface area contributed by atoms with Crippen molar-refractivity contribution in [2.75, 3.05) is 0 Å². The first-order valence-corrected chi connectivity index (χ1v) is 11.0. The summed E-state index contributed by atoms with van der Waals surface area (Å²) in [6.45, 7) is 10.7. The van der Waals surface area contributed by atoms with Crippen LogP contribution in [0, 0.1) is 5.41 Å². The first-order valence-electron chi connectivity index (χ1n) is 11.0. The largest absolute Gasteiger partial charge is 0.448 e. The van der Waals surface area contributed by atoms with E-state index in [1.807, 2.05) is 6.26 Å². The fourth-order valence-corrected chi connectivity index (χ4v) is 3.67. The van der Waals surface area contributed by atoms with E-state index in [1.165, 1.54) is 95.6 Å². The zero-order valence-electron chi connectivity index (χ0n) is 17.3. The van der Waals surface area contributed by atoms with Crippen molar-refractivity contribution in [3.05, 3.63) is 24.4 Å². The maximum Gasteiger partial charge on any atom is 0.189 e. The van der Waals surface area contributed by atoms with Crippen molar-refractivity contribution < 1.29 is 4.74 Å². The number of ether oxygens (including phenoxy) is 1. The average molecular weight is 350 g/mol. The van der Waals surface area contributed by atoms with E-state index in [0.717, 1.165) is 6.42 Å². The minimum atomic E-state index is 0.206. The second kappa shape index (κ2) is 13.3. The molecule has 25 heavy (non-hydrogen) atoms. The van der Waals surface area contributed by atoms with Gasteiger partial charge >= 0.3 is 0 Å². The Kier molecular flexibility index (Phi) is 11.8. The molecule has 0 aliphatic carbocycles. The standard InChI is InChI=1S/C23H43NO/c1-5-7-8-9-10-11-12-13-14-15-16-17-18-19-23(4,6-2)22-20-25-21(3)24-22/h20,24H,3,5-19H2,1-2,4H3. The third kappa shape index (κ3) is 9.37. The summed E-state index contributed by atoms with van der Waals surface area (Å²) in [6.07, 6.45) is 22.6. The maximum atomic E-state index is 5.36. The van der Waals surface area contributed by atoms with Crippen molar-refractivity contribution >= 4 is 0 Å². The molecule has 0 aromatic carbocycles. The highest BCUT2D eigenvalue weighted by Crippen LogP contribution is 2.37. The molecular formula is C23H43NO. The summed E-state index contributed by atoms with van der Waals surface area (Å²) in [7, 11) is 0. The van der Waals surface area contributed by atoms with Crippen molar-refractivity contribution in [3.63, 3.8) is 0 Å². The fourth-order valence-electron chi connectivity index (χ4n) is 3.67. The molecule has 0 fully saturated rings. The van der Waals surface area contributed by atoms with Gasteiger partial charge in [-0.3, -0.25) is 0 Å². The second-order valence-electron chi connectivity index (χ2n) is 8.10. The number of unbranched alkanes of at least 4 members (excludes halogenated alkanes) is 12. The van der Waals surface area contributed by atoms with Gasteiger partial charge in [0, 0.05) is 5.41 Å². The predicted molar refractivity (Wildman–Crippen MR) is 110 cm³/mol. The van der Waals surface area contributed by atoms with Gasteiger partial charge in [0.05, 0.1) is 5.70 Å².